The normalized spacial score (nSPS) is 10.7. The fourth-order valence-corrected chi connectivity index (χ4v) is 1.65. The van der Waals surface area contributed by atoms with E-state index in [1.54, 1.807) is 18.6 Å². The lowest BCUT2D eigenvalue weighted by Crippen LogP contribution is -2.16. The number of pyridine rings is 1. The van der Waals surface area contributed by atoms with Crippen LogP contribution in [-0.2, 0) is 13.1 Å². The molecule has 2 heterocycles. The highest BCUT2D eigenvalue weighted by molar-refractivity contribution is 5.25. The number of nitrogens with zero attached hydrogens (tertiary/aromatic N) is 3. The van der Waals surface area contributed by atoms with E-state index in [0.29, 0.717) is 12.4 Å². The molecule has 0 unspecified atom stereocenters. The van der Waals surface area contributed by atoms with Crippen molar-refractivity contribution in [2.75, 3.05) is 0 Å². The predicted octanol–water partition coefficient (Wildman–Crippen LogP) is 1.95. The second kappa shape index (κ2) is 6.80. The van der Waals surface area contributed by atoms with E-state index < -0.39 is 0 Å². The summed E-state index contributed by atoms with van der Waals surface area (Å²) in [7, 11) is 0. The molecule has 0 spiro atoms. The average molecular weight is 258 g/mol. The van der Waals surface area contributed by atoms with Crippen LogP contribution in [0.25, 0.3) is 0 Å². The van der Waals surface area contributed by atoms with Crippen LogP contribution in [0.2, 0.25) is 0 Å². The van der Waals surface area contributed by atoms with Gasteiger partial charge in [0.1, 0.15) is 6.33 Å². The summed E-state index contributed by atoms with van der Waals surface area (Å²) in [6, 6.07) is 3.93. The van der Waals surface area contributed by atoms with Gasteiger partial charge in [0.25, 0.3) is 0 Å². The highest BCUT2D eigenvalue weighted by Gasteiger charge is 2.06. The molecule has 5 nitrogen and oxygen atoms in total. The Balaban J connectivity index is 1.92. The number of hydrogen-bond acceptors (Lipinski definition) is 5. The zero-order valence-corrected chi connectivity index (χ0v) is 11.2. The van der Waals surface area contributed by atoms with Crippen LogP contribution in [0, 0.1) is 0 Å². The fraction of sp³-hybridized carbons (Fsp3) is 0.357. The minimum atomic E-state index is 0.121. The van der Waals surface area contributed by atoms with E-state index >= 15 is 0 Å². The van der Waals surface area contributed by atoms with Crippen LogP contribution in [0.15, 0.2) is 37.1 Å². The number of hydrogen-bond donors (Lipinski definition) is 1. The van der Waals surface area contributed by atoms with Crippen LogP contribution in [0.5, 0.6) is 5.88 Å². The van der Waals surface area contributed by atoms with Crippen molar-refractivity contribution < 1.29 is 4.74 Å². The van der Waals surface area contributed by atoms with E-state index in [9.17, 15) is 0 Å². The molecule has 0 aliphatic heterocycles. The molecule has 0 bridgehead atoms. The van der Waals surface area contributed by atoms with Crippen LogP contribution in [0.3, 0.4) is 0 Å². The molecule has 1 N–H and O–H groups in total. The van der Waals surface area contributed by atoms with Gasteiger partial charge in [-0.1, -0.05) is 6.07 Å². The number of nitrogens with one attached hydrogen (secondary N) is 1. The molecule has 0 radical (unpaired) electrons. The smallest absolute Gasteiger partial charge is 0.218 e. The maximum Gasteiger partial charge on any atom is 0.218 e. The maximum absolute atomic E-state index is 5.67. The van der Waals surface area contributed by atoms with Crippen molar-refractivity contribution in [2.45, 2.75) is 33.0 Å². The van der Waals surface area contributed by atoms with Gasteiger partial charge < -0.3 is 10.1 Å². The Morgan fingerprint density at radius 1 is 1.21 bits per heavy atom. The molecule has 2 rings (SSSR count). The van der Waals surface area contributed by atoms with Crippen molar-refractivity contribution in [2.24, 2.45) is 0 Å². The first-order chi connectivity index (χ1) is 9.25. The molecule has 2 aromatic rings. The Bertz CT molecular complexity index is 502. The van der Waals surface area contributed by atoms with Crippen molar-refractivity contribution in [3.8, 4) is 5.88 Å². The monoisotopic (exact) mass is 258 g/mol. The minimum absolute atomic E-state index is 0.121. The summed E-state index contributed by atoms with van der Waals surface area (Å²) in [5.41, 5.74) is 2.10. The Morgan fingerprint density at radius 2 is 2.00 bits per heavy atom. The van der Waals surface area contributed by atoms with Gasteiger partial charge >= 0.3 is 0 Å². The third kappa shape index (κ3) is 4.30. The maximum atomic E-state index is 5.67. The van der Waals surface area contributed by atoms with Gasteiger partial charge in [0, 0.05) is 42.8 Å². The Kier molecular flexibility index (Phi) is 4.80. The van der Waals surface area contributed by atoms with Crippen LogP contribution >= 0.6 is 0 Å². The van der Waals surface area contributed by atoms with Crippen LogP contribution < -0.4 is 10.1 Å². The molecular formula is C14H18N4O. The first-order valence-corrected chi connectivity index (χ1v) is 6.31. The molecule has 100 valence electrons. The van der Waals surface area contributed by atoms with Gasteiger partial charge in [-0.05, 0) is 19.9 Å². The SMILES string of the molecule is CC(C)Oc1ncccc1CNCc1cncnc1. The van der Waals surface area contributed by atoms with E-state index in [1.165, 1.54) is 6.33 Å². The Labute approximate surface area is 113 Å². The van der Waals surface area contributed by atoms with Gasteiger partial charge in [-0.2, -0.15) is 0 Å². The highest BCUT2D eigenvalue weighted by atomic mass is 16.5. The Hall–Kier alpha value is -2.01. The largest absolute Gasteiger partial charge is 0.475 e. The van der Waals surface area contributed by atoms with E-state index in [-0.39, 0.29) is 6.10 Å². The zero-order chi connectivity index (χ0) is 13.5. The summed E-state index contributed by atoms with van der Waals surface area (Å²) < 4.78 is 5.67. The lowest BCUT2D eigenvalue weighted by Gasteiger charge is -2.13. The van der Waals surface area contributed by atoms with Gasteiger partial charge in [-0.15, -0.1) is 0 Å². The predicted molar refractivity (Wildman–Crippen MR) is 72.6 cm³/mol. The summed E-state index contributed by atoms with van der Waals surface area (Å²) in [6.07, 6.45) is 6.99. The summed E-state index contributed by atoms with van der Waals surface area (Å²) >= 11 is 0. The minimum Gasteiger partial charge on any atom is -0.475 e. The average Bonchev–Trinajstić information content (AvgIpc) is 2.41. The summed E-state index contributed by atoms with van der Waals surface area (Å²) in [6.45, 7) is 5.40. The molecule has 0 amide bonds. The first kappa shape index (κ1) is 13.4. The molecule has 0 aromatic carbocycles. The molecule has 0 aliphatic rings. The van der Waals surface area contributed by atoms with Gasteiger partial charge in [-0.3, -0.25) is 0 Å². The van der Waals surface area contributed by atoms with E-state index in [1.807, 2.05) is 26.0 Å². The molecule has 0 fully saturated rings. The molecule has 5 heteroatoms. The van der Waals surface area contributed by atoms with Crippen molar-refractivity contribution in [1.29, 1.82) is 0 Å². The van der Waals surface area contributed by atoms with Crippen LogP contribution in [-0.4, -0.2) is 21.1 Å². The molecule has 2 aromatic heterocycles. The molecule has 0 atom stereocenters. The standard InChI is InChI=1S/C14H18N4O/c1-11(2)19-14-13(4-3-5-18-14)9-15-6-12-7-16-10-17-8-12/h3-5,7-8,10-11,15H,6,9H2,1-2H3. The highest BCUT2D eigenvalue weighted by Crippen LogP contribution is 2.15. The van der Waals surface area contributed by atoms with Crippen LogP contribution in [0.1, 0.15) is 25.0 Å². The van der Waals surface area contributed by atoms with Crippen molar-refractivity contribution in [3.63, 3.8) is 0 Å². The van der Waals surface area contributed by atoms with Gasteiger partial charge in [0.05, 0.1) is 6.10 Å². The fourth-order valence-electron chi connectivity index (χ4n) is 1.65. The van der Waals surface area contributed by atoms with Crippen molar-refractivity contribution in [3.05, 3.63) is 48.2 Å². The summed E-state index contributed by atoms with van der Waals surface area (Å²) in [5.74, 6) is 0.689. The quantitative estimate of drug-likeness (QED) is 0.858. The number of ether oxygens (including phenoxy) is 1. The topological polar surface area (TPSA) is 59.9 Å². The zero-order valence-electron chi connectivity index (χ0n) is 11.2. The molecule has 0 aliphatic carbocycles. The van der Waals surface area contributed by atoms with E-state index in [0.717, 1.165) is 17.7 Å². The molecule has 19 heavy (non-hydrogen) atoms. The summed E-state index contributed by atoms with van der Waals surface area (Å²) in [4.78, 5) is 12.2. The number of aromatic nitrogens is 3. The van der Waals surface area contributed by atoms with Crippen molar-refractivity contribution >= 4 is 0 Å². The van der Waals surface area contributed by atoms with Gasteiger partial charge in [-0.25, -0.2) is 15.0 Å². The third-order valence-electron chi connectivity index (χ3n) is 2.46. The number of rotatable bonds is 6. The second-order valence-electron chi connectivity index (χ2n) is 4.48. The Morgan fingerprint density at radius 3 is 2.74 bits per heavy atom. The molecule has 0 saturated carbocycles. The lowest BCUT2D eigenvalue weighted by atomic mass is 10.2. The second-order valence-corrected chi connectivity index (χ2v) is 4.48. The van der Waals surface area contributed by atoms with Gasteiger partial charge in [0.15, 0.2) is 0 Å². The summed E-state index contributed by atoms with van der Waals surface area (Å²) in [5, 5.41) is 3.33. The van der Waals surface area contributed by atoms with Crippen LogP contribution in [0.4, 0.5) is 0 Å². The lowest BCUT2D eigenvalue weighted by molar-refractivity contribution is 0.229. The van der Waals surface area contributed by atoms with E-state index in [2.05, 4.69) is 20.3 Å². The van der Waals surface area contributed by atoms with E-state index in [4.69, 9.17) is 4.74 Å². The third-order valence-corrected chi connectivity index (χ3v) is 2.46. The first-order valence-electron chi connectivity index (χ1n) is 6.31. The van der Waals surface area contributed by atoms with Gasteiger partial charge in [0.2, 0.25) is 5.88 Å². The molecule has 0 saturated heterocycles. The van der Waals surface area contributed by atoms with Crippen molar-refractivity contribution in [1.82, 2.24) is 20.3 Å². The molecular weight excluding hydrogens is 240 g/mol.